The summed E-state index contributed by atoms with van der Waals surface area (Å²) in [4.78, 5) is 6.74. The number of likely N-dealkylation sites (N-methyl/N-ethyl adjacent to an activating group) is 1. The number of hydrogen-bond donors (Lipinski definition) is 0. The van der Waals surface area contributed by atoms with E-state index in [9.17, 15) is 0 Å². The molecule has 1 atom stereocenters. The highest BCUT2D eigenvalue weighted by atomic mass is 15.2. The molecule has 14 heavy (non-hydrogen) atoms. The molecule has 0 fully saturated rings. The molecule has 1 aromatic rings. The number of aliphatic imine (C=N–C) groups is 1. The summed E-state index contributed by atoms with van der Waals surface area (Å²) in [6, 6.07) is 8.51. The number of para-hydroxylation sites is 1. The van der Waals surface area contributed by atoms with Crippen LogP contribution in [0.2, 0.25) is 0 Å². The van der Waals surface area contributed by atoms with E-state index in [2.05, 4.69) is 54.2 Å². The van der Waals surface area contributed by atoms with Crippen molar-refractivity contribution in [2.45, 2.75) is 12.8 Å². The van der Waals surface area contributed by atoms with E-state index in [-0.39, 0.29) is 0 Å². The van der Waals surface area contributed by atoms with Crippen molar-refractivity contribution in [3.8, 4) is 0 Å². The lowest BCUT2D eigenvalue weighted by molar-refractivity contribution is 1.20. The molecule has 2 aliphatic heterocycles. The smallest absolute Gasteiger partial charge is 0.120 e. The number of nitrogens with zero attached hydrogens (tertiary/aromatic N) is 2. The van der Waals surface area contributed by atoms with Gasteiger partial charge in [0, 0.05) is 18.4 Å². The molecule has 0 radical (unpaired) electrons. The topological polar surface area (TPSA) is 15.6 Å². The Balaban J connectivity index is 2.22. The molecule has 2 heterocycles. The van der Waals surface area contributed by atoms with Gasteiger partial charge in [-0.25, -0.2) is 4.99 Å². The van der Waals surface area contributed by atoms with Gasteiger partial charge in [-0.05, 0) is 24.6 Å². The van der Waals surface area contributed by atoms with Gasteiger partial charge in [-0.1, -0.05) is 18.2 Å². The van der Waals surface area contributed by atoms with Crippen molar-refractivity contribution in [2.75, 3.05) is 11.9 Å². The number of anilines is 1. The highest BCUT2D eigenvalue weighted by Crippen LogP contribution is 2.41. The fourth-order valence-electron chi connectivity index (χ4n) is 2.30. The van der Waals surface area contributed by atoms with Crippen LogP contribution in [0.1, 0.15) is 18.4 Å². The van der Waals surface area contributed by atoms with Gasteiger partial charge < -0.3 is 4.90 Å². The van der Waals surface area contributed by atoms with Crippen LogP contribution in [-0.2, 0) is 0 Å². The lowest BCUT2D eigenvalue weighted by Crippen LogP contribution is -2.21. The zero-order valence-corrected chi connectivity index (χ0v) is 8.36. The van der Waals surface area contributed by atoms with Gasteiger partial charge in [0.25, 0.3) is 0 Å². The number of rotatable bonds is 0. The highest BCUT2D eigenvalue weighted by molar-refractivity contribution is 6.11. The quantitative estimate of drug-likeness (QED) is 0.605. The van der Waals surface area contributed by atoms with Crippen LogP contribution in [0.25, 0.3) is 0 Å². The predicted molar refractivity (Wildman–Crippen MR) is 58.8 cm³/mol. The molecule has 3 rings (SSSR count). The number of benzene rings is 1. The monoisotopic (exact) mass is 184 g/mol. The molecule has 0 saturated heterocycles. The van der Waals surface area contributed by atoms with Crippen molar-refractivity contribution in [1.82, 2.24) is 0 Å². The van der Waals surface area contributed by atoms with Gasteiger partial charge in [0.15, 0.2) is 0 Å². The Morgan fingerprint density at radius 1 is 1.29 bits per heavy atom. The molecule has 0 bridgehead atoms. The van der Waals surface area contributed by atoms with Crippen LogP contribution in [0.5, 0.6) is 0 Å². The van der Waals surface area contributed by atoms with E-state index in [0.29, 0.717) is 5.92 Å². The second-order valence-electron chi connectivity index (χ2n) is 3.87. The van der Waals surface area contributed by atoms with Gasteiger partial charge in [0.1, 0.15) is 5.84 Å². The zero-order chi connectivity index (χ0) is 9.71. The van der Waals surface area contributed by atoms with E-state index in [0.717, 1.165) is 5.70 Å². The first-order chi connectivity index (χ1) is 6.77. The lowest BCUT2D eigenvalue weighted by atomic mass is 10.0. The fraction of sp³-hybridized carbons (Fsp3) is 0.250. The third kappa shape index (κ3) is 0.830. The SMILES string of the molecule is CC1=CC2C(=N1)N(C)c1ccccc12. The Morgan fingerprint density at radius 2 is 2.07 bits per heavy atom. The van der Waals surface area contributed by atoms with Crippen molar-refractivity contribution in [1.29, 1.82) is 0 Å². The molecular formula is C12H12N2. The maximum absolute atomic E-state index is 4.55. The number of fused-ring (bicyclic) bond motifs is 3. The van der Waals surface area contributed by atoms with E-state index in [4.69, 9.17) is 0 Å². The maximum atomic E-state index is 4.55. The highest BCUT2D eigenvalue weighted by Gasteiger charge is 2.33. The summed E-state index contributed by atoms with van der Waals surface area (Å²) < 4.78 is 0. The van der Waals surface area contributed by atoms with Crippen molar-refractivity contribution < 1.29 is 0 Å². The molecule has 2 heteroatoms. The molecule has 70 valence electrons. The summed E-state index contributed by atoms with van der Waals surface area (Å²) >= 11 is 0. The predicted octanol–water partition coefficient (Wildman–Crippen LogP) is 2.54. The van der Waals surface area contributed by atoms with Gasteiger partial charge in [0.2, 0.25) is 0 Å². The molecule has 1 aromatic carbocycles. The molecule has 0 aromatic heterocycles. The van der Waals surface area contributed by atoms with Crippen LogP contribution in [0, 0.1) is 0 Å². The summed E-state index contributed by atoms with van der Waals surface area (Å²) in [5, 5.41) is 0. The first-order valence-electron chi connectivity index (χ1n) is 4.87. The minimum absolute atomic E-state index is 0.399. The molecule has 0 spiro atoms. The summed E-state index contributed by atoms with van der Waals surface area (Å²) in [6.45, 7) is 2.06. The molecule has 0 amide bonds. The Kier molecular flexibility index (Phi) is 1.38. The first kappa shape index (κ1) is 7.80. The molecule has 1 unspecified atom stereocenters. The first-order valence-corrected chi connectivity index (χ1v) is 4.87. The van der Waals surface area contributed by atoms with Crippen LogP contribution in [0.3, 0.4) is 0 Å². The van der Waals surface area contributed by atoms with Crippen LogP contribution >= 0.6 is 0 Å². The normalized spacial score (nSPS) is 23.0. The van der Waals surface area contributed by atoms with Crippen LogP contribution < -0.4 is 4.90 Å². The van der Waals surface area contributed by atoms with Crippen LogP contribution in [0.4, 0.5) is 5.69 Å². The maximum Gasteiger partial charge on any atom is 0.120 e. The molecule has 0 saturated carbocycles. The largest absolute Gasteiger partial charge is 0.332 e. The van der Waals surface area contributed by atoms with Crippen molar-refractivity contribution in [3.63, 3.8) is 0 Å². The second kappa shape index (κ2) is 2.47. The summed E-state index contributed by atoms with van der Waals surface area (Å²) in [6.07, 6.45) is 2.23. The Labute approximate surface area is 83.6 Å². The van der Waals surface area contributed by atoms with Crippen LogP contribution in [-0.4, -0.2) is 12.9 Å². The van der Waals surface area contributed by atoms with E-state index in [1.807, 2.05) is 0 Å². The summed E-state index contributed by atoms with van der Waals surface area (Å²) in [7, 11) is 2.09. The van der Waals surface area contributed by atoms with Gasteiger partial charge in [-0.2, -0.15) is 0 Å². The second-order valence-corrected chi connectivity index (χ2v) is 3.87. The van der Waals surface area contributed by atoms with Crippen molar-refractivity contribution in [3.05, 3.63) is 41.6 Å². The van der Waals surface area contributed by atoms with E-state index in [1.165, 1.54) is 17.1 Å². The van der Waals surface area contributed by atoms with Gasteiger partial charge in [-0.3, -0.25) is 0 Å². The van der Waals surface area contributed by atoms with Gasteiger partial charge in [0.05, 0.1) is 5.92 Å². The van der Waals surface area contributed by atoms with E-state index >= 15 is 0 Å². The Hall–Kier alpha value is -1.57. The molecule has 0 aliphatic carbocycles. The van der Waals surface area contributed by atoms with Crippen molar-refractivity contribution in [2.24, 2.45) is 4.99 Å². The Morgan fingerprint density at radius 3 is 2.93 bits per heavy atom. The summed E-state index contributed by atoms with van der Waals surface area (Å²) in [5.41, 5.74) is 3.80. The minimum atomic E-state index is 0.399. The average Bonchev–Trinajstić information content (AvgIpc) is 2.68. The third-order valence-electron chi connectivity index (χ3n) is 2.95. The Bertz CT molecular complexity index is 457. The third-order valence-corrected chi connectivity index (χ3v) is 2.95. The summed E-state index contributed by atoms with van der Waals surface area (Å²) in [5.74, 6) is 1.57. The number of allylic oxidation sites excluding steroid dienone is 1. The molecular weight excluding hydrogens is 172 g/mol. The zero-order valence-electron chi connectivity index (χ0n) is 8.36. The minimum Gasteiger partial charge on any atom is -0.332 e. The average molecular weight is 184 g/mol. The molecule has 0 N–H and O–H groups in total. The molecule has 2 aliphatic rings. The van der Waals surface area contributed by atoms with E-state index in [1.54, 1.807) is 0 Å². The number of amidine groups is 1. The van der Waals surface area contributed by atoms with Crippen molar-refractivity contribution >= 4 is 11.5 Å². The van der Waals surface area contributed by atoms with Gasteiger partial charge in [-0.15, -0.1) is 0 Å². The van der Waals surface area contributed by atoms with E-state index < -0.39 is 0 Å². The fourth-order valence-corrected chi connectivity index (χ4v) is 2.30. The van der Waals surface area contributed by atoms with Crippen LogP contribution in [0.15, 0.2) is 41.0 Å². The number of hydrogen-bond acceptors (Lipinski definition) is 2. The van der Waals surface area contributed by atoms with Gasteiger partial charge >= 0.3 is 0 Å². The molecule has 2 nitrogen and oxygen atoms in total. The lowest BCUT2D eigenvalue weighted by Gasteiger charge is -2.12. The standard InChI is InChI=1S/C12H12N2/c1-8-7-10-9-5-3-4-6-11(9)14(2)12(10)13-8/h3-7,10H,1-2H3.